The van der Waals surface area contributed by atoms with E-state index in [2.05, 4.69) is 15.6 Å². The van der Waals surface area contributed by atoms with Gasteiger partial charge in [0.2, 0.25) is 0 Å². The normalized spacial score (nSPS) is 11.4. The van der Waals surface area contributed by atoms with Crippen LogP contribution in [0.3, 0.4) is 0 Å². The van der Waals surface area contributed by atoms with Gasteiger partial charge in [0.25, 0.3) is 5.91 Å². The molecule has 0 saturated carbocycles. The van der Waals surface area contributed by atoms with E-state index in [0.29, 0.717) is 13.1 Å². The molecule has 0 aliphatic heterocycles. The van der Waals surface area contributed by atoms with Crippen molar-refractivity contribution in [2.75, 3.05) is 25.0 Å². The summed E-state index contributed by atoms with van der Waals surface area (Å²) in [7, 11) is 0. The smallest absolute Gasteiger partial charge is 0.368 e. The van der Waals surface area contributed by atoms with Crippen molar-refractivity contribution in [2.24, 2.45) is 5.73 Å². The lowest BCUT2D eigenvalue weighted by atomic mass is 10.2. The van der Waals surface area contributed by atoms with Gasteiger partial charge in [-0.15, -0.1) is 0 Å². The molecule has 4 N–H and O–H groups in total. The Hall–Kier alpha value is -1.83. The molecule has 5 nitrogen and oxygen atoms in total. The van der Waals surface area contributed by atoms with Gasteiger partial charge >= 0.3 is 6.18 Å². The van der Waals surface area contributed by atoms with Crippen LogP contribution < -0.4 is 16.4 Å². The Kier molecular flexibility index (Phi) is 5.75. The van der Waals surface area contributed by atoms with E-state index in [-0.39, 0.29) is 11.4 Å². The SMILES string of the molecule is CCCNCCNc1nc(C(F)(F)F)ccc1C(N)=O. The topological polar surface area (TPSA) is 80.0 Å². The number of rotatable bonds is 7. The van der Waals surface area contributed by atoms with Crippen molar-refractivity contribution in [3.05, 3.63) is 23.4 Å². The summed E-state index contributed by atoms with van der Waals surface area (Å²) in [5.74, 6) is -0.971. The van der Waals surface area contributed by atoms with E-state index in [0.717, 1.165) is 25.1 Å². The van der Waals surface area contributed by atoms with Crippen LogP contribution >= 0.6 is 0 Å². The molecule has 0 atom stereocenters. The summed E-state index contributed by atoms with van der Waals surface area (Å²) in [6, 6.07) is 1.76. The number of alkyl halides is 3. The van der Waals surface area contributed by atoms with Gasteiger partial charge in [0.1, 0.15) is 11.5 Å². The summed E-state index contributed by atoms with van der Waals surface area (Å²) in [6.07, 6.45) is -3.61. The molecular weight excluding hydrogens is 273 g/mol. The highest BCUT2D eigenvalue weighted by molar-refractivity contribution is 5.97. The standard InChI is InChI=1S/C12H17F3N4O/c1-2-5-17-6-7-18-11-8(10(16)20)3-4-9(19-11)12(13,14)15/h3-4,17H,2,5-7H2,1H3,(H2,16,20)(H,18,19). The van der Waals surface area contributed by atoms with Gasteiger partial charge in [0.15, 0.2) is 0 Å². The number of aromatic nitrogens is 1. The average molecular weight is 290 g/mol. The molecule has 0 saturated heterocycles. The van der Waals surface area contributed by atoms with Crippen LogP contribution in [0.2, 0.25) is 0 Å². The van der Waals surface area contributed by atoms with E-state index in [1.54, 1.807) is 0 Å². The molecule has 0 spiro atoms. The number of nitrogens with two attached hydrogens (primary N) is 1. The highest BCUT2D eigenvalue weighted by atomic mass is 19.4. The lowest BCUT2D eigenvalue weighted by Crippen LogP contribution is -2.25. The van der Waals surface area contributed by atoms with Crippen molar-refractivity contribution in [3.63, 3.8) is 0 Å². The number of carbonyl (C=O) groups excluding carboxylic acids is 1. The van der Waals surface area contributed by atoms with Gasteiger partial charge in [-0.2, -0.15) is 13.2 Å². The maximum atomic E-state index is 12.6. The number of anilines is 1. The second-order valence-electron chi connectivity index (χ2n) is 4.13. The van der Waals surface area contributed by atoms with Crippen molar-refractivity contribution in [2.45, 2.75) is 19.5 Å². The van der Waals surface area contributed by atoms with Gasteiger partial charge in [-0.25, -0.2) is 4.98 Å². The Morgan fingerprint density at radius 3 is 2.55 bits per heavy atom. The van der Waals surface area contributed by atoms with Crippen molar-refractivity contribution < 1.29 is 18.0 Å². The molecular formula is C12H17F3N4O. The second-order valence-corrected chi connectivity index (χ2v) is 4.13. The number of amides is 1. The van der Waals surface area contributed by atoms with Crippen LogP contribution in [-0.2, 0) is 6.18 Å². The zero-order chi connectivity index (χ0) is 15.2. The van der Waals surface area contributed by atoms with Gasteiger partial charge < -0.3 is 16.4 Å². The molecule has 0 unspecified atom stereocenters. The third-order valence-corrected chi connectivity index (χ3v) is 2.47. The molecule has 0 fully saturated rings. The first kappa shape index (κ1) is 16.2. The molecule has 20 heavy (non-hydrogen) atoms. The van der Waals surface area contributed by atoms with Crippen molar-refractivity contribution in [1.29, 1.82) is 0 Å². The summed E-state index contributed by atoms with van der Waals surface area (Å²) in [5.41, 5.74) is 3.98. The summed E-state index contributed by atoms with van der Waals surface area (Å²) in [5, 5.41) is 5.76. The fourth-order valence-electron chi connectivity index (χ4n) is 1.52. The molecule has 0 aromatic carbocycles. The quantitative estimate of drug-likeness (QED) is 0.667. The predicted molar refractivity (Wildman–Crippen MR) is 69.4 cm³/mol. The van der Waals surface area contributed by atoms with E-state index >= 15 is 0 Å². The Morgan fingerprint density at radius 2 is 2.00 bits per heavy atom. The largest absolute Gasteiger partial charge is 0.433 e. The van der Waals surface area contributed by atoms with Crippen LogP contribution in [-0.4, -0.2) is 30.5 Å². The molecule has 1 heterocycles. The van der Waals surface area contributed by atoms with Gasteiger partial charge in [-0.1, -0.05) is 6.92 Å². The fraction of sp³-hybridized carbons (Fsp3) is 0.500. The van der Waals surface area contributed by atoms with Crippen molar-refractivity contribution >= 4 is 11.7 Å². The van der Waals surface area contributed by atoms with Gasteiger partial charge in [-0.3, -0.25) is 4.79 Å². The number of primary amides is 1. The van der Waals surface area contributed by atoms with E-state index < -0.39 is 17.8 Å². The molecule has 8 heteroatoms. The Bertz CT molecular complexity index is 463. The monoisotopic (exact) mass is 290 g/mol. The summed E-state index contributed by atoms with van der Waals surface area (Å²) in [6.45, 7) is 3.69. The zero-order valence-electron chi connectivity index (χ0n) is 11.0. The van der Waals surface area contributed by atoms with Crippen molar-refractivity contribution in [1.82, 2.24) is 10.3 Å². The molecule has 1 rings (SSSR count). The maximum absolute atomic E-state index is 12.6. The summed E-state index contributed by atoms with van der Waals surface area (Å²) < 4.78 is 37.7. The molecule has 112 valence electrons. The average Bonchev–Trinajstić information content (AvgIpc) is 2.37. The number of carbonyl (C=O) groups is 1. The molecule has 0 aliphatic rings. The minimum Gasteiger partial charge on any atom is -0.368 e. The number of hydrogen-bond donors (Lipinski definition) is 3. The molecule has 1 aromatic heterocycles. The Balaban J connectivity index is 2.81. The number of nitrogens with one attached hydrogen (secondary N) is 2. The highest BCUT2D eigenvalue weighted by Gasteiger charge is 2.33. The van der Waals surface area contributed by atoms with Crippen molar-refractivity contribution in [3.8, 4) is 0 Å². The molecule has 1 aromatic rings. The minimum atomic E-state index is -4.56. The van der Waals surface area contributed by atoms with Crippen LogP contribution in [0.15, 0.2) is 12.1 Å². The maximum Gasteiger partial charge on any atom is 0.433 e. The van der Waals surface area contributed by atoms with Gasteiger partial charge in [0, 0.05) is 13.1 Å². The number of nitrogens with zero attached hydrogens (tertiary/aromatic N) is 1. The van der Waals surface area contributed by atoms with E-state index in [1.807, 2.05) is 6.92 Å². The molecule has 0 aliphatic carbocycles. The zero-order valence-corrected chi connectivity index (χ0v) is 11.0. The van der Waals surface area contributed by atoms with E-state index in [1.165, 1.54) is 0 Å². The van der Waals surface area contributed by atoms with Crippen LogP contribution in [0.5, 0.6) is 0 Å². The van der Waals surface area contributed by atoms with Gasteiger partial charge in [-0.05, 0) is 25.1 Å². The lowest BCUT2D eigenvalue weighted by Gasteiger charge is -2.12. The van der Waals surface area contributed by atoms with Crippen LogP contribution in [0.1, 0.15) is 29.4 Å². The predicted octanol–water partition coefficient (Wildman–Crippen LogP) is 1.61. The number of pyridine rings is 1. The van der Waals surface area contributed by atoms with Crippen LogP contribution in [0.25, 0.3) is 0 Å². The van der Waals surface area contributed by atoms with Crippen LogP contribution in [0.4, 0.5) is 19.0 Å². The third kappa shape index (κ3) is 4.69. The fourth-order valence-corrected chi connectivity index (χ4v) is 1.52. The van der Waals surface area contributed by atoms with E-state index in [4.69, 9.17) is 5.73 Å². The third-order valence-electron chi connectivity index (χ3n) is 2.47. The first-order valence-corrected chi connectivity index (χ1v) is 6.19. The Labute approximate surface area is 114 Å². The summed E-state index contributed by atoms with van der Waals surface area (Å²) >= 11 is 0. The molecule has 0 bridgehead atoms. The number of halogens is 3. The first-order chi connectivity index (χ1) is 9.36. The first-order valence-electron chi connectivity index (χ1n) is 6.19. The lowest BCUT2D eigenvalue weighted by molar-refractivity contribution is -0.141. The Morgan fingerprint density at radius 1 is 1.30 bits per heavy atom. The van der Waals surface area contributed by atoms with E-state index in [9.17, 15) is 18.0 Å². The summed E-state index contributed by atoms with van der Waals surface area (Å²) in [4.78, 5) is 14.6. The van der Waals surface area contributed by atoms with Crippen LogP contribution in [0, 0.1) is 0 Å². The molecule has 0 radical (unpaired) electrons. The minimum absolute atomic E-state index is 0.0616. The highest BCUT2D eigenvalue weighted by Crippen LogP contribution is 2.29. The van der Waals surface area contributed by atoms with Gasteiger partial charge in [0.05, 0.1) is 5.56 Å². The second kappa shape index (κ2) is 7.09. The number of hydrogen-bond acceptors (Lipinski definition) is 4. The molecule has 1 amide bonds.